The zero-order chi connectivity index (χ0) is 23.0. The molecule has 0 spiro atoms. The van der Waals surface area contributed by atoms with Crippen LogP contribution in [-0.4, -0.2) is 36.6 Å². The van der Waals surface area contributed by atoms with Gasteiger partial charge in [-0.05, 0) is 69.4 Å². The van der Waals surface area contributed by atoms with Gasteiger partial charge in [-0.1, -0.05) is 36.8 Å². The summed E-state index contributed by atoms with van der Waals surface area (Å²) in [6.45, 7) is 3.42. The topological polar surface area (TPSA) is 87.7 Å². The second-order valence-corrected chi connectivity index (χ2v) is 8.48. The highest BCUT2D eigenvalue weighted by Gasteiger charge is 2.32. The minimum Gasteiger partial charge on any atom is -0.458 e. The molecular weight excluding hydrogens is 406 g/mol. The fourth-order valence-electron chi connectivity index (χ4n) is 3.92. The van der Waals surface area contributed by atoms with Crippen LogP contribution < -0.4 is 15.5 Å². The number of nitrogens with one attached hydrogen (secondary N) is 2. The van der Waals surface area contributed by atoms with Crippen LogP contribution >= 0.6 is 0 Å². The fourth-order valence-corrected chi connectivity index (χ4v) is 3.92. The zero-order valence-electron chi connectivity index (χ0n) is 18.7. The lowest BCUT2D eigenvalue weighted by atomic mass is 9.86. The summed E-state index contributed by atoms with van der Waals surface area (Å²) in [6, 6.07) is 15.8. The first-order valence-electron chi connectivity index (χ1n) is 11.0. The highest BCUT2D eigenvalue weighted by Crippen LogP contribution is 2.31. The smallest absolute Gasteiger partial charge is 0.326 e. The molecule has 2 aromatic carbocycles. The van der Waals surface area contributed by atoms with Gasteiger partial charge in [-0.25, -0.2) is 4.79 Å². The lowest BCUT2D eigenvalue weighted by Gasteiger charge is -2.34. The summed E-state index contributed by atoms with van der Waals surface area (Å²) >= 11 is 0. The van der Waals surface area contributed by atoms with Crippen LogP contribution in [0.3, 0.4) is 0 Å². The second kappa shape index (κ2) is 10.8. The molecule has 0 saturated heterocycles. The van der Waals surface area contributed by atoms with Gasteiger partial charge in [0, 0.05) is 11.4 Å². The maximum atomic E-state index is 12.9. The number of anilines is 2. The number of amides is 3. The molecule has 0 bridgehead atoms. The molecule has 170 valence electrons. The van der Waals surface area contributed by atoms with E-state index in [0.29, 0.717) is 11.4 Å². The van der Waals surface area contributed by atoms with E-state index >= 15 is 0 Å². The minimum absolute atomic E-state index is 0.209. The number of hydrogen-bond donors (Lipinski definition) is 2. The van der Waals surface area contributed by atoms with Crippen molar-refractivity contribution in [2.75, 3.05) is 23.3 Å². The van der Waals surface area contributed by atoms with Gasteiger partial charge in [0.1, 0.15) is 12.1 Å². The summed E-state index contributed by atoms with van der Waals surface area (Å²) in [7, 11) is 0. The lowest BCUT2D eigenvalue weighted by Crippen LogP contribution is -2.45. The number of carbonyl (C=O) groups excluding carboxylic acids is 3. The van der Waals surface area contributed by atoms with Crippen LogP contribution in [0.5, 0.6) is 0 Å². The van der Waals surface area contributed by atoms with Crippen molar-refractivity contribution in [1.82, 2.24) is 5.32 Å². The standard InChI is InChI=1S/C25H31N3O4/c1-19-10-9-11-20(16-19)27-24(31)26-17-22(29)28(21-12-5-3-6-13-21)18-23(30)32-25(2)14-7-4-8-15-25/h3,5-6,9-13,16H,4,7-8,14-15,17-18H2,1-2H3,(H2,26,27,31). The third-order valence-corrected chi connectivity index (χ3v) is 5.60. The van der Waals surface area contributed by atoms with E-state index in [2.05, 4.69) is 10.6 Å². The fraction of sp³-hybridized carbons (Fsp3) is 0.400. The average molecular weight is 438 g/mol. The third-order valence-electron chi connectivity index (χ3n) is 5.60. The van der Waals surface area contributed by atoms with Crippen LogP contribution in [-0.2, 0) is 14.3 Å². The van der Waals surface area contributed by atoms with Crippen molar-refractivity contribution < 1.29 is 19.1 Å². The predicted octanol–water partition coefficient (Wildman–Crippen LogP) is 4.42. The number of ether oxygens (including phenoxy) is 1. The Morgan fingerprint density at radius 1 is 1.00 bits per heavy atom. The first-order valence-corrected chi connectivity index (χ1v) is 11.0. The van der Waals surface area contributed by atoms with E-state index in [1.54, 1.807) is 30.3 Å². The van der Waals surface area contributed by atoms with Crippen molar-refractivity contribution in [1.29, 1.82) is 0 Å². The quantitative estimate of drug-likeness (QED) is 0.628. The summed E-state index contributed by atoms with van der Waals surface area (Å²) in [6.07, 6.45) is 4.88. The molecule has 0 atom stereocenters. The van der Waals surface area contributed by atoms with E-state index in [1.807, 2.05) is 38.1 Å². The molecule has 0 heterocycles. The van der Waals surface area contributed by atoms with Crippen LogP contribution in [0.25, 0.3) is 0 Å². The Morgan fingerprint density at radius 2 is 1.72 bits per heavy atom. The predicted molar refractivity (Wildman–Crippen MR) is 125 cm³/mol. The molecule has 1 fully saturated rings. The number of urea groups is 1. The van der Waals surface area contributed by atoms with Gasteiger partial charge >= 0.3 is 12.0 Å². The van der Waals surface area contributed by atoms with Crippen molar-refractivity contribution in [2.45, 2.75) is 51.6 Å². The summed E-state index contributed by atoms with van der Waals surface area (Å²) in [4.78, 5) is 39.2. The van der Waals surface area contributed by atoms with Gasteiger partial charge < -0.3 is 15.4 Å². The van der Waals surface area contributed by atoms with E-state index in [1.165, 1.54) is 4.90 Å². The Hall–Kier alpha value is -3.35. The lowest BCUT2D eigenvalue weighted by molar-refractivity contribution is -0.159. The molecule has 0 aromatic heterocycles. The Kier molecular flexibility index (Phi) is 7.87. The number of nitrogens with zero attached hydrogens (tertiary/aromatic N) is 1. The molecule has 0 unspecified atom stereocenters. The number of hydrogen-bond acceptors (Lipinski definition) is 4. The molecule has 2 aromatic rings. The summed E-state index contributed by atoms with van der Waals surface area (Å²) in [5.41, 5.74) is 1.75. The molecule has 0 aliphatic heterocycles. The van der Waals surface area contributed by atoms with Gasteiger partial charge in [0.15, 0.2) is 0 Å². The summed E-state index contributed by atoms with van der Waals surface area (Å²) < 4.78 is 5.76. The first kappa shape index (κ1) is 23.3. The Morgan fingerprint density at radius 3 is 2.41 bits per heavy atom. The molecule has 7 nitrogen and oxygen atoms in total. The number of esters is 1. The third kappa shape index (κ3) is 6.83. The van der Waals surface area contributed by atoms with Crippen molar-refractivity contribution in [3.8, 4) is 0 Å². The SMILES string of the molecule is Cc1cccc(NC(=O)NCC(=O)N(CC(=O)OC2(C)CCCCC2)c2ccccc2)c1. The average Bonchev–Trinajstić information content (AvgIpc) is 2.76. The van der Waals surface area contributed by atoms with E-state index in [4.69, 9.17) is 4.74 Å². The number of benzene rings is 2. The van der Waals surface area contributed by atoms with Crippen molar-refractivity contribution in [3.63, 3.8) is 0 Å². The normalized spacial score (nSPS) is 14.8. The Balaban J connectivity index is 1.61. The largest absolute Gasteiger partial charge is 0.458 e. The minimum atomic E-state index is -0.491. The number of rotatable bonds is 7. The van der Waals surface area contributed by atoms with Crippen LogP contribution in [0.1, 0.15) is 44.6 Å². The molecule has 2 N–H and O–H groups in total. The van der Waals surface area contributed by atoms with Gasteiger partial charge in [-0.15, -0.1) is 0 Å². The molecule has 32 heavy (non-hydrogen) atoms. The second-order valence-electron chi connectivity index (χ2n) is 8.48. The number of aryl methyl sites for hydroxylation is 1. The van der Waals surface area contributed by atoms with E-state index in [-0.39, 0.29) is 13.1 Å². The zero-order valence-corrected chi connectivity index (χ0v) is 18.7. The Bertz CT molecular complexity index is 939. The first-order chi connectivity index (χ1) is 15.3. The van der Waals surface area contributed by atoms with Gasteiger partial charge in [0.2, 0.25) is 5.91 Å². The molecule has 7 heteroatoms. The van der Waals surface area contributed by atoms with Gasteiger partial charge in [0.05, 0.1) is 6.54 Å². The molecule has 3 amide bonds. The van der Waals surface area contributed by atoms with Gasteiger partial charge in [0.25, 0.3) is 0 Å². The number of para-hydroxylation sites is 1. The number of carbonyl (C=O) groups is 3. The maximum absolute atomic E-state index is 12.9. The van der Waals surface area contributed by atoms with Gasteiger partial charge in [-0.2, -0.15) is 0 Å². The molecule has 1 aliphatic rings. The van der Waals surface area contributed by atoms with Crippen LogP contribution in [0.15, 0.2) is 54.6 Å². The monoisotopic (exact) mass is 437 g/mol. The highest BCUT2D eigenvalue weighted by molar-refractivity contribution is 6.01. The summed E-state index contributed by atoms with van der Waals surface area (Å²) in [5, 5.41) is 5.27. The van der Waals surface area contributed by atoms with Gasteiger partial charge in [-0.3, -0.25) is 14.5 Å². The highest BCUT2D eigenvalue weighted by atomic mass is 16.6. The molecule has 3 rings (SSSR count). The van der Waals surface area contributed by atoms with Crippen molar-refractivity contribution in [2.24, 2.45) is 0 Å². The van der Waals surface area contributed by atoms with Crippen LogP contribution in [0, 0.1) is 6.92 Å². The van der Waals surface area contributed by atoms with E-state index in [9.17, 15) is 14.4 Å². The van der Waals surface area contributed by atoms with Crippen LogP contribution in [0.2, 0.25) is 0 Å². The molecule has 0 radical (unpaired) electrons. The van der Waals surface area contributed by atoms with Crippen molar-refractivity contribution >= 4 is 29.3 Å². The summed E-state index contributed by atoms with van der Waals surface area (Å²) in [5.74, 6) is -0.850. The molecule has 1 saturated carbocycles. The Labute approximate surface area is 189 Å². The maximum Gasteiger partial charge on any atom is 0.326 e. The van der Waals surface area contributed by atoms with E-state index < -0.39 is 23.5 Å². The van der Waals surface area contributed by atoms with Crippen molar-refractivity contribution in [3.05, 3.63) is 60.2 Å². The van der Waals surface area contributed by atoms with E-state index in [0.717, 1.165) is 37.7 Å². The van der Waals surface area contributed by atoms with Crippen LogP contribution in [0.4, 0.5) is 16.2 Å². The molecular formula is C25H31N3O4. The molecule has 1 aliphatic carbocycles.